The molecule has 0 saturated carbocycles. The first-order valence-corrected chi connectivity index (χ1v) is 8.17. The molecule has 0 spiro atoms. The number of H-pyrrole nitrogens is 1. The van der Waals surface area contributed by atoms with Crippen LogP contribution in [0.5, 0.6) is 0 Å². The number of esters is 1. The van der Waals surface area contributed by atoms with Crippen molar-refractivity contribution in [2.24, 2.45) is 5.73 Å². The van der Waals surface area contributed by atoms with Gasteiger partial charge in [-0.3, -0.25) is 0 Å². The van der Waals surface area contributed by atoms with Crippen molar-refractivity contribution in [3.05, 3.63) is 29.7 Å². The number of carbonyl (C=O) groups is 1. The molecule has 2 heterocycles. The number of benzene rings is 1. The molecule has 24 heavy (non-hydrogen) atoms. The molecule has 0 unspecified atom stereocenters. The minimum absolute atomic E-state index is 0.230. The first kappa shape index (κ1) is 16.3. The van der Waals surface area contributed by atoms with Crippen LogP contribution in [0.4, 0.5) is 11.4 Å². The van der Waals surface area contributed by atoms with Gasteiger partial charge in [0.25, 0.3) is 0 Å². The molecule has 7 nitrogen and oxygen atoms in total. The maximum Gasteiger partial charge on any atom is 0.356 e. The van der Waals surface area contributed by atoms with Crippen molar-refractivity contribution < 1.29 is 9.53 Å². The third-order valence-corrected chi connectivity index (χ3v) is 4.27. The SMILES string of the molecule is COC(=O)c1[nH]c2nc1-c1ccc(N)cc1NCCCCC[C@@H]2N. The van der Waals surface area contributed by atoms with Gasteiger partial charge in [-0.1, -0.05) is 12.8 Å². The van der Waals surface area contributed by atoms with Gasteiger partial charge in [0.15, 0.2) is 5.69 Å². The Morgan fingerprint density at radius 2 is 2.17 bits per heavy atom. The molecule has 0 radical (unpaired) electrons. The largest absolute Gasteiger partial charge is 0.464 e. The Labute approximate surface area is 140 Å². The summed E-state index contributed by atoms with van der Waals surface area (Å²) in [5.74, 6) is 0.141. The van der Waals surface area contributed by atoms with Crippen molar-refractivity contribution in [2.75, 3.05) is 24.7 Å². The van der Waals surface area contributed by atoms with Crippen molar-refractivity contribution in [3.8, 4) is 11.3 Å². The number of nitrogens with two attached hydrogens (primary N) is 2. The highest BCUT2D eigenvalue weighted by Crippen LogP contribution is 2.33. The third-order valence-electron chi connectivity index (χ3n) is 4.27. The van der Waals surface area contributed by atoms with Crippen LogP contribution in [0, 0.1) is 0 Å². The van der Waals surface area contributed by atoms with Crippen molar-refractivity contribution in [1.82, 2.24) is 9.97 Å². The average Bonchev–Trinajstić information content (AvgIpc) is 3.01. The Balaban J connectivity index is 2.16. The van der Waals surface area contributed by atoms with Crippen molar-refractivity contribution in [1.29, 1.82) is 0 Å². The zero-order valence-corrected chi connectivity index (χ0v) is 13.8. The number of hydrogen-bond acceptors (Lipinski definition) is 6. The van der Waals surface area contributed by atoms with Gasteiger partial charge in [0.2, 0.25) is 0 Å². The maximum absolute atomic E-state index is 12.2. The third kappa shape index (κ3) is 3.21. The summed E-state index contributed by atoms with van der Waals surface area (Å²) in [4.78, 5) is 19.8. The molecule has 7 heteroatoms. The first-order chi connectivity index (χ1) is 11.6. The van der Waals surface area contributed by atoms with E-state index in [0.29, 0.717) is 22.9 Å². The number of methoxy groups -OCH3 is 1. The van der Waals surface area contributed by atoms with Crippen LogP contribution in [0.2, 0.25) is 0 Å². The number of aromatic nitrogens is 2. The number of nitrogen functional groups attached to an aromatic ring is 1. The van der Waals surface area contributed by atoms with E-state index in [-0.39, 0.29) is 6.04 Å². The van der Waals surface area contributed by atoms with Gasteiger partial charge < -0.3 is 26.5 Å². The van der Waals surface area contributed by atoms with Crippen LogP contribution in [-0.4, -0.2) is 29.6 Å². The number of fused-ring (bicyclic) bond motifs is 4. The predicted octanol–water partition coefficient (Wildman–Crippen LogP) is 2.43. The second kappa shape index (κ2) is 6.92. The van der Waals surface area contributed by atoms with E-state index in [1.165, 1.54) is 7.11 Å². The van der Waals surface area contributed by atoms with Gasteiger partial charge in [-0.05, 0) is 31.0 Å². The highest BCUT2D eigenvalue weighted by Gasteiger charge is 2.24. The van der Waals surface area contributed by atoms with Crippen LogP contribution in [0.15, 0.2) is 18.2 Å². The standard InChI is InChI=1S/C17H23N5O2/c1-24-17(23)15-14-11-7-6-10(18)9-13(11)20-8-4-2-3-5-12(19)16(21-14)22-15/h6-7,9,12,20H,2-5,8,18-19H2,1H3,(H,21,22)/t12-/m0/s1. The number of rotatable bonds is 1. The molecule has 0 aliphatic carbocycles. The fraction of sp³-hybridized carbons (Fsp3) is 0.412. The molecular formula is C17H23N5O2. The van der Waals surface area contributed by atoms with Crippen LogP contribution in [0.25, 0.3) is 11.3 Å². The van der Waals surface area contributed by atoms with Gasteiger partial charge in [0.1, 0.15) is 11.5 Å². The lowest BCUT2D eigenvalue weighted by Gasteiger charge is -2.14. The molecule has 1 aromatic heterocycles. The smallest absolute Gasteiger partial charge is 0.356 e. The van der Waals surface area contributed by atoms with Crippen LogP contribution in [0.1, 0.15) is 48.0 Å². The van der Waals surface area contributed by atoms with Gasteiger partial charge in [-0.15, -0.1) is 0 Å². The van der Waals surface area contributed by atoms with Crippen molar-refractivity contribution in [3.63, 3.8) is 0 Å². The Kier molecular flexibility index (Phi) is 4.71. The zero-order valence-electron chi connectivity index (χ0n) is 13.8. The molecule has 128 valence electrons. The van der Waals surface area contributed by atoms with E-state index in [1.54, 1.807) is 6.07 Å². The number of nitrogens with one attached hydrogen (secondary N) is 2. The second-order valence-electron chi connectivity index (χ2n) is 6.02. The van der Waals surface area contributed by atoms with Crippen LogP contribution in [0.3, 0.4) is 0 Å². The Hall–Kier alpha value is -2.54. The average molecular weight is 329 g/mol. The van der Waals surface area contributed by atoms with Gasteiger partial charge in [0, 0.05) is 23.5 Å². The molecule has 0 fully saturated rings. The molecule has 2 aromatic rings. The maximum atomic E-state index is 12.2. The first-order valence-electron chi connectivity index (χ1n) is 8.17. The molecule has 1 aliphatic rings. The summed E-state index contributed by atoms with van der Waals surface area (Å²) in [6.07, 6.45) is 3.96. The van der Waals surface area contributed by atoms with Crippen molar-refractivity contribution >= 4 is 17.3 Å². The molecule has 0 saturated heterocycles. The molecule has 1 aliphatic heterocycles. The molecule has 1 atom stereocenters. The van der Waals surface area contributed by atoms with E-state index in [4.69, 9.17) is 16.2 Å². The number of hydrogen-bond donors (Lipinski definition) is 4. The predicted molar refractivity (Wildman–Crippen MR) is 93.7 cm³/mol. The Morgan fingerprint density at radius 1 is 1.33 bits per heavy atom. The minimum Gasteiger partial charge on any atom is -0.464 e. The summed E-state index contributed by atoms with van der Waals surface area (Å²) in [7, 11) is 1.35. The topological polar surface area (TPSA) is 119 Å². The highest BCUT2D eigenvalue weighted by molar-refractivity contribution is 5.96. The lowest BCUT2D eigenvalue weighted by Crippen LogP contribution is -2.13. The number of ether oxygens (including phenoxy) is 1. The van der Waals surface area contributed by atoms with Crippen LogP contribution >= 0.6 is 0 Å². The second-order valence-corrected chi connectivity index (χ2v) is 6.02. The van der Waals surface area contributed by atoms with E-state index in [9.17, 15) is 4.79 Å². The molecule has 2 bridgehead atoms. The van der Waals surface area contributed by atoms with Gasteiger partial charge in [-0.25, -0.2) is 9.78 Å². The molecular weight excluding hydrogens is 306 g/mol. The van der Waals surface area contributed by atoms with Gasteiger partial charge >= 0.3 is 5.97 Å². The van der Waals surface area contributed by atoms with Crippen LogP contribution in [-0.2, 0) is 4.74 Å². The van der Waals surface area contributed by atoms with E-state index in [2.05, 4.69) is 15.3 Å². The van der Waals surface area contributed by atoms with Crippen LogP contribution < -0.4 is 16.8 Å². The molecule has 1 aromatic carbocycles. The van der Waals surface area contributed by atoms with E-state index in [0.717, 1.165) is 43.5 Å². The van der Waals surface area contributed by atoms with Crippen molar-refractivity contribution in [2.45, 2.75) is 31.7 Å². The lowest BCUT2D eigenvalue weighted by molar-refractivity contribution is 0.0595. The van der Waals surface area contributed by atoms with Gasteiger partial charge in [-0.2, -0.15) is 0 Å². The number of imidazole rings is 1. The normalized spacial score (nSPS) is 17.8. The summed E-state index contributed by atoms with van der Waals surface area (Å²) >= 11 is 0. The van der Waals surface area contributed by atoms with Gasteiger partial charge in [0.05, 0.1) is 13.2 Å². The number of anilines is 2. The zero-order chi connectivity index (χ0) is 17.1. The van der Waals surface area contributed by atoms with E-state index in [1.807, 2.05) is 12.1 Å². The Morgan fingerprint density at radius 3 is 2.96 bits per heavy atom. The summed E-state index contributed by atoms with van der Waals surface area (Å²) < 4.78 is 4.89. The highest BCUT2D eigenvalue weighted by atomic mass is 16.5. The summed E-state index contributed by atoms with van der Waals surface area (Å²) in [6.45, 7) is 0.830. The number of nitrogens with zero attached hydrogens (tertiary/aromatic N) is 1. The number of carbonyl (C=O) groups excluding carboxylic acids is 1. The summed E-state index contributed by atoms with van der Waals surface area (Å²) in [5, 5.41) is 3.40. The molecule has 6 N–H and O–H groups in total. The fourth-order valence-corrected chi connectivity index (χ4v) is 2.95. The van der Waals surface area contributed by atoms with E-state index >= 15 is 0 Å². The fourth-order valence-electron chi connectivity index (χ4n) is 2.95. The summed E-state index contributed by atoms with van der Waals surface area (Å²) in [5.41, 5.74) is 15.3. The monoisotopic (exact) mass is 329 g/mol. The Bertz CT molecular complexity index is 741. The molecule has 0 amide bonds. The number of aromatic amines is 1. The quantitative estimate of drug-likeness (QED) is 0.471. The molecule has 3 rings (SSSR count). The summed E-state index contributed by atoms with van der Waals surface area (Å²) in [6, 6.07) is 5.28. The minimum atomic E-state index is -0.464. The van der Waals surface area contributed by atoms with E-state index < -0.39 is 5.97 Å². The lowest BCUT2D eigenvalue weighted by atomic mass is 10.1.